The average molecular weight is 402 g/mol. The minimum absolute atomic E-state index is 0.172. The van der Waals surface area contributed by atoms with Gasteiger partial charge in [0.25, 0.3) is 0 Å². The Morgan fingerprint density at radius 3 is 1.60 bits per heavy atom. The smallest absolute Gasteiger partial charge is 0.184 e. The summed E-state index contributed by atoms with van der Waals surface area (Å²) in [6.45, 7) is -1.01. The summed E-state index contributed by atoms with van der Waals surface area (Å²) < 4.78 is 29.9. The van der Waals surface area contributed by atoms with Crippen LogP contribution in [0.1, 0.15) is 22.4 Å². The molecule has 0 atom stereocenters. The van der Waals surface area contributed by atoms with Gasteiger partial charge in [-0.2, -0.15) is 0 Å². The van der Waals surface area contributed by atoms with E-state index in [1.807, 2.05) is 91.0 Å². The first-order chi connectivity index (χ1) is 14.7. The van der Waals surface area contributed by atoms with E-state index in [0.29, 0.717) is 0 Å². The molecule has 30 heavy (non-hydrogen) atoms. The van der Waals surface area contributed by atoms with Crippen LogP contribution in [-0.2, 0) is 5.54 Å². The highest BCUT2D eigenvalue weighted by molar-refractivity contribution is 5.58. The molecular weight excluding hydrogens is 382 g/mol. The Kier molecular flexibility index (Phi) is 5.55. The van der Waals surface area contributed by atoms with Crippen molar-refractivity contribution in [3.8, 4) is 0 Å². The molecule has 3 nitrogen and oxygen atoms in total. The molecule has 3 aromatic carbocycles. The first-order valence-corrected chi connectivity index (χ1v) is 9.54. The van der Waals surface area contributed by atoms with Gasteiger partial charge in [0.05, 0.1) is 12.9 Å². The van der Waals surface area contributed by atoms with Crippen molar-refractivity contribution in [2.75, 3.05) is 6.61 Å². The second-order valence-corrected chi connectivity index (χ2v) is 6.85. The molecule has 0 aliphatic rings. The zero-order chi connectivity index (χ0) is 21.0. The van der Waals surface area contributed by atoms with Crippen LogP contribution in [0.5, 0.6) is 0 Å². The quantitative estimate of drug-likeness (QED) is 0.443. The Morgan fingerprint density at radius 2 is 1.20 bits per heavy atom. The number of halogens is 2. The summed E-state index contributed by atoms with van der Waals surface area (Å²) in [5, 5.41) is 8.96. The molecule has 0 spiro atoms. The van der Waals surface area contributed by atoms with E-state index >= 15 is 0 Å². The molecule has 0 fully saturated rings. The molecule has 0 saturated heterocycles. The number of imidazole rings is 1. The van der Waals surface area contributed by atoms with Gasteiger partial charge >= 0.3 is 0 Å². The highest BCUT2D eigenvalue weighted by Crippen LogP contribution is 2.41. The van der Waals surface area contributed by atoms with Crippen molar-refractivity contribution in [1.82, 2.24) is 9.55 Å². The zero-order valence-corrected chi connectivity index (χ0v) is 16.1. The fraction of sp³-hybridized carbons (Fsp3) is 0.0800. The van der Waals surface area contributed by atoms with Crippen LogP contribution in [0.4, 0.5) is 8.78 Å². The normalized spacial score (nSPS) is 12.5. The molecule has 1 heterocycles. The van der Waals surface area contributed by atoms with Crippen LogP contribution in [0.3, 0.4) is 0 Å². The first kappa shape index (κ1) is 19.7. The Labute approximate surface area is 173 Å². The van der Waals surface area contributed by atoms with Gasteiger partial charge in [0.1, 0.15) is 11.2 Å². The summed E-state index contributed by atoms with van der Waals surface area (Å²) >= 11 is 0. The third kappa shape index (κ3) is 3.33. The number of nitrogens with zero attached hydrogens (tertiary/aromatic N) is 2. The van der Waals surface area contributed by atoms with Gasteiger partial charge in [0.15, 0.2) is 11.7 Å². The van der Waals surface area contributed by atoms with Gasteiger partial charge < -0.3 is 9.67 Å². The Balaban J connectivity index is 2.06. The van der Waals surface area contributed by atoms with Gasteiger partial charge in [-0.25, -0.2) is 13.8 Å². The molecule has 0 bridgehead atoms. The van der Waals surface area contributed by atoms with E-state index in [1.165, 1.54) is 12.5 Å². The monoisotopic (exact) mass is 402 g/mol. The molecule has 0 saturated carbocycles. The van der Waals surface area contributed by atoms with Crippen LogP contribution in [0.15, 0.2) is 109 Å². The van der Waals surface area contributed by atoms with E-state index in [0.717, 1.165) is 16.7 Å². The van der Waals surface area contributed by atoms with Gasteiger partial charge in [0, 0.05) is 6.20 Å². The van der Waals surface area contributed by atoms with Gasteiger partial charge in [0.2, 0.25) is 0 Å². The second kappa shape index (κ2) is 8.43. The molecule has 5 heteroatoms. The Hall–Kier alpha value is -3.57. The fourth-order valence-electron chi connectivity index (χ4n) is 3.81. The maximum atomic E-state index is 14.4. The van der Waals surface area contributed by atoms with E-state index in [9.17, 15) is 8.78 Å². The molecular formula is C25H20F2N2O. The Morgan fingerprint density at radius 1 is 0.767 bits per heavy atom. The minimum Gasteiger partial charge on any atom is -0.389 e. The van der Waals surface area contributed by atoms with Crippen LogP contribution in [0.2, 0.25) is 0 Å². The lowest BCUT2D eigenvalue weighted by atomic mass is 9.77. The molecule has 0 aliphatic carbocycles. The van der Waals surface area contributed by atoms with Gasteiger partial charge in [-0.3, -0.25) is 0 Å². The second-order valence-electron chi connectivity index (χ2n) is 6.85. The summed E-state index contributed by atoms with van der Waals surface area (Å²) in [4.78, 5) is 4.11. The SMILES string of the molecule is OC/C(F)=C(\F)c1cn(C(c2ccccc2)(c2ccccc2)c2ccccc2)cn1. The van der Waals surface area contributed by atoms with Crippen LogP contribution >= 0.6 is 0 Å². The van der Waals surface area contributed by atoms with Gasteiger partial charge in [-0.1, -0.05) is 91.0 Å². The summed E-state index contributed by atoms with van der Waals surface area (Å²) in [6.07, 6.45) is 2.96. The lowest BCUT2D eigenvalue weighted by molar-refractivity contribution is 0.296. The molecule has 0 unspecified atom stereocenters. The maximum absolute atomic E-state index is 14.4. The molecule has 1 N–H and O–H groups in total. The molecule has 0 radical (unpaired) electrons. The highest BCUT2D eigenvalue weighted by Gasteiger charge is 2.38. The topological polar surface area (TPSA) is 38.0 Å². The molecule has 4 rings (SSSR count). The summed E-state index contributed by atoms with van der Waals surface area (Å²) in [5.74, 6) is -2.41. The standard InChI is InChI=1S/C25H20F2N2O/c26-22(17-30)24(27)23-16-29(18-28-23)25(19-10-4-1-5-11-19,20-12-6-2-7-13-20)21-14-8-3-9-15-21/h1-16,18,30H,17H2/b24-22+. The van der Waals surface area contributed by atoms with Crippen LogP contribution in [0, 0.1) is 0 Å². The number of hydrogen-bond acceptors (Lipinski definition) is 2. The summed E-state index contributed by atoms with van der Waals surface area (Å²) in [7, 11) is 0. The molecule has 1 aromatic heterocycles. The largest absolute Gasteiger partial charge is 0.389 e. The van der Waals surface area contributed by atoms with Crippen LogP contribution in [-0.4, -0.2) is 21.3 Å². The summed E-state index contributed by atoms with van der Waals surface area (Å²) in [6, 6.07) is 29.5. The van der Waals surface area contributed by atoms with E-state index in [4.69, 9.17) is 5.11 Å². The predicted octanol–water partition coefficient (Wildman–Crippen LogP) is 5.32. The minimum atomic E-state index is -1.25. The molecule has 150 valence electrons. The average Bonchev–Trinajstić information content (AvgIpc) is 3.31. The number of aromatic nitrogens is 2. The number of aliphatic hydroxyl groups is 1. The number of rotatable bonds is 6. The van der Waals surface area contributed by atoms with Gasteiger partial charge in [-0.05, 0) is 16.7 Å². The highest BCUT2D eigenvalue weighted by atomic mass is 19.2. The van der Waals surface area contributed by atoms with Crippen molar-refractivity contribution in [3.63, 3.8) is 0 Å². The number of hydrogen-bond donors (Lipinski definition) is 1. The van der Waals surface area contributed by atoms with Gasteiger partial charge in [-0.15, -0.1) is 0 Å². The zero-order valence-electron chi connectivity index (χ0n) is 16.1. The summed E-state index contributed by atoms with van der Waals surface area (Å²) in [5.41, 5.74) is 1.80. The van der Waals surface area contributed by atoms with Crippen LogP contribution < -0.4 is 0 Å². The van der Waals surface area contributed by atoms with Crippen molar-refractivity contribution in [2.45, 2.75) is 5.54 Å². The lowest BCUT2D eigenvalue weighted by Crippen LogP contribution is -2.36. The van der Waals surface area contributed by atoms with Crippen LogP contribution in [0.25, 0.3) is 5.83 Å². The van der Waals surface area contributed by atoms with Crippen molar-refractivity contribution in [1.29, 1.82) is 0 Å². The van der Waals surface area contributed by atoms with Crippen molar-refractivity contribution in [2.24, 2.45) is 0 Å². The lowest BCUT2D eigenvalue weighted by Gasteiger charge is -2.37. The van der Waals surface area contributed by atoms with E-state index < -0.39 is 23.8 Å². The number of aliphatic hydroxyl groups excluding tert-OH is 1. The van der Waals surface area contributed by atoms with Crippen molar-refractivity contribution >= 4 is 5.83 Å². The molecule has 4 aromatic rings. The Bertz CT molecular complexity index is 1040. The first-order valence-electron chi connectivity index (χ1n) is 9.54. The maximum Gasteiger partial charge on any atom is 0.184 e. The molecule has 0 amide bonds. The third-order valence-electron chi connectivity index (χ3n) is 5.15. The molecule has 0 aliphatic heterocycles. The van der Waals surface area contributed by atoms with Crippen molar-refractivity contribution in [3.05, 3.63) is 132 Å². The van der Waals surface area contributed by atoms with E-state index in [-0.39, 0.29) is 5.69 Å². The fourth-order valence-corrected chi connectivity index (χ4v) is 3.81. The van der Waals surface area contributed by atoms with E-state index in [2.05, 4.69) is 4.98 Å². The third-order valence-corrected chi connectivity index (χ3v) is 5.15. The van der Waals surface area contributed by atoms with Crippen molar-refractivity contribution < 1.29 is 13.9 Å². The van der Waals surface area contributed by atoms with E-state index in [1.54, 1.807) is 4.57 Å². The predicted molar refractivity (Wildman–Crippen MR) is 113 cm³/mol. The number of benzene rings is 3.